The Morgan fingerprint density at radius 1 is 1.50 bits per heavy atom. The first-order valence-corrected chi connectivity index (χ1v) is 4.68. The SMILES string of the molecule is O=C(Nc1ncn[nH]1)c1cc([N+](=O)[O-])ccc1F. The van der Waals surface area contributed by atoms with Crippen LogP contribution in [0.4, 0.5) is 16.0 Å². The first-order chi connectivity index (χ1) is 8.58. The Kier molecular flexibility index (Phi) is 2.96. The lowest BCUT2D eigenvalue weighted by Gasteiger charge is -2.02. The van der Waals surface area contributed by atoms with Gasteiger partial charge in [-0.05, 0) is 6.07 Å². The Balaban J connectivity index is 2.29. The van der Waals surface area contributed by atoms with Crippen molar-refractivity contribution < 1.29 is 14.1 Å². The van der Waals surface area contributed by atoms with E-state index >= 15 is 0 Å². The molecule has 0 aliphatic rings. The van der Waals surface area contributed by atoms with E-state index in [4.69, 9.17) is 0 Å². The quantitative estimate of drug-likeness (QED) is 0.626. The second kappa shape index (κ2) is 4.57. The lowest BCUT2D eigenvalue weighted by atomic mass is 10.2. The Morgan fingerprint density at radius 2 is 2.28 bits per heavy atom. The highest BCUT2D eigenvalue weighted by Gasteiger charge is 2.17. The summed E-state index contributed by atoms with van der Waals surface area (Å²) in [6.07, 6.45) is 1.15. The van der Waals surface area contributed by atoms with Crippen LogP contribution in [-0.2, 0) is 0 Å². The average molecular weight is 251 g/mol. The summed E-state index contributed by atoms with van der Waals surface area (Å²) in [4.78, 5) is 25.1. The smallest absolute Gasteiger partial charge is 0.270 e. The van der Waals surface area contributed by atoms with Gasteiger partial charge < -0.3 is 0 Å². The Hall–Kier alpha value is -2.84. The summed E-state index contributed by atoms with van der Waals surface area (Å²) in [6.45, 7) is 0. The number of nitrogens with zero attached hydrogens (tertiary/aromatic N) is 3. The lowest BCUT2D eigenvalue weighted by Crippen LogP contribution is -2.15. The zero-order chi connectivity index (χ0) is 13.1. The zero-order valence-corrected chi connectivity index (χ0v) is 8.75. The molecule has 9 heteroatoms. The van der Waals surface area contributed by atoms with Crippen LogP contribution in [0.2, 0.25) is 0 Å². The summed E-state index contributed by atoms with van der Waals surface area (Å²) in [6, 6.07) is 2.68. The number of hydrogen-bond donors (Lipinski definition) is 2. The number of hydrogen-bond acceptors (Lipinski definition) is 5. The maximum atomic E-state index is 13.4. The fourth-order valence-electron chi connectivity index (χ4n) is 1.24. The second-order valence-electron chi connectivity index (χ2n) is 3.21. The van der Waals surface area contributed by atoms with Crippen LogP contribution in [0.25, 0.3) is 0 Å². The van der Waals surface area contributed by atoms with Crippen molar-refractivity contribution in [1.29, 1.82) is 0 Å². The molecule has 0 spiro atoms. The number of rotatable bonds is 3. The van der Waals surface area contributed by atoms with Crippen LogP contribution >= 0.6 is 0 Å². The van der Waals surface area contributed by atoms with E-state index in [1.54, 1.807) is 0 Å². The molecule has 0 saturated heterocycles. The molecule has 92 valence electrons. The van der Waals surface area contributed by atoms with E-state index in [2.05, 4.69) is 20.5 Å². The maximum Gasteiger partial charge on any atom is 0.270 e. The van der Waals surface area contributed by atoms with E-state index in [1.165, 1.54) is 0 Å². The van der Waals surface area contributed by atoms with Gasteiger partial charge in [0.2, 0.25) is 5.95 Å². The highest BCUT2D eigenvalue weighted by molar-refractivity contribution is 6.03. The predicted molar refractivity (Wildman–Crippen MR) is 57.4 cm³/mol. The molecule has 1 heterocycles. The molecule has 2 rings (SSSR count). The molecule has 1 aromatic heterocycles. The molecular formula is C9H6FN5O3. The van der Waals surface area contributed by atoms with Gasteiger partial charge in [-0.15, -0.1) is 0 Å². The summed E-state index contributed by atoms with van der Waals surface area (Å²) in [5.74, 6) is -1.70. The number of benzene rings is 1. The third-order valence-corrected chi connectivity index (χ3v) is 2.05. The number of aromatic nitrogens is 3. The predicted octanol–water partition coefficient (Wildman–Crippen LogP) is 1.10. The summed E-state index contributed by atoms with van der Waals surface area (Å²) in [5.41, 5.74) is -0.820. The minimum Gasteiger partial charge on any atom is -0.291 e. The molecule has 2 aromatic rings. The summed E-state index contributed by atoms with van der Waals surface area (Å²) < 4.78 is 13.4. The van der Waals surface area contributed by atoms with Crippen molar-refractivity contribution in [1.82, 2.24) is 15.2 Å². The minimum atomic E-state index is -0.863. The number of H-pyrrole nitrogens is 1. The molecule has 18 heavy (non-hydrogen) atoms. The van der Waals surface area contributed by atoms with Crippen LogP contribution in [0.3, 0.4) is 0 Å². The molecule has 1 aromatic carbocycles. The molecule has 0 fully saturated rings. The number of carbonyl (C=O) groups is 1. The molecule has 0 bridgehead atoms. The summed E-state index contributed by atoms with van der Waals surface area (Å²) in [5, 5.41) is 18.6. The second-order valence-corrected chi connectivity index (χ2v) is 3.21. The number of nitrogens with one attached hydrogen (secondary N) is 2. The van der Waals surface area contributed by atoms with Gasteiger partial charge in [0.05, 0.1) is 10.5 Å². The van der Waals surface area contributed by atoms with Crippen molar-refractivity contribution in [3.05, 3.63) is 46.0 Å². The Bertz CT molecular complexity index is 598. The van der Waals surface area contributed by atoms with Gasteiger partial charge in [0, 0.05) is 12.1 Å². The molecule has 0 atom stereocenters. The van der Waals surface area contributed by atoms with E-state index in [-0.39, 0.29) is 11.6 Å². The van der Waals surface area contributed by atoms with Gasteiger partial charge in [0.15, 0.2) is 0 Å². The normalized spacial score (nSPS) is 10.1. The highest BCUT2D eigenvalue weighted by Crippen LogP contribution is 2.17. The maximum absolute atomic E-state index is 13.4. The van der Waals surface area contributed by atoms with E-state index in [0.29, 0.717) is 0 Å². The topological polar surface area (TPSA) is 114 Å². The van der Waals surface area contributed by atoms with Crippen LogP contribution in [0, 0.1) is 15.9 Å². The van der Waals surface area contributed by atoms with Crippen LogP contribution in [0.5, 0.6) is 0 Å². The van der Waals surface area contributed by atoms with Crippen LogP contribution < -0.4 is 5.32 Å². The van der Waals surface area contributed by atoms with E-state index in [9.17, 15) is 19.3 Å². The standard InChI is InChI=1S/C9H6FN5O3/c10-7-2-1-5(15(17)18)3-6(7)8(16)13-9-11-4-12-14-9/h1-4H,(H2,11,12,13,14,16). The molecule has 0 unspecified atom stereocenters. The van der Waals surface area contributed by atoms with E-state index < -0.39 is 22.2 Å². The van der Waals surface area contributed by atoms with Gasteiger partial charge in [0.1, 0.15) is 12.1 Å². The fourth-order valence-corrected chi connectivity index (χ4v) is 1.24. The Labute approximate surface area is 99.0 Å². The molecule has 0 aliphatic heterocycles. The summed E-state index contributed by atoms with van der Waals surface area (Å²) >= 11 is 0. The number of aromatic amines is 1. The highest BCUT2D eigenvalue weighted by atomic mass is 19.1. The van der Waals surface area contributed by atoms with Gasteiger partial charge in [-0.2, -0.15) is 10.1 Å². The van der Waals surface area contributed by atoms with Crippen molar-refractivity contribution in [2.75, 3.05) is 5.32 Å². The monoisotopic (exact) mass is 251 g/mol. The molecule has 2 N–H and O–H groups in total. The number of carbonyl (C=O) groups excluding carboxylic acids is 1. The third-order valence-electron chi connectivity index (χ3n) is 2.05. The van der Waals surface area contributed by atoms with Gasteiger partial charge in [0.25, 0.3) is 11.6 Å². The van der Waals surface area contributed by atoms with Crippen LogP contribution in [0.1, 0.15) is 10.4 Å². The summed E-state index contributed by atoms with van der Waals surface area (Å²) in [7, 11) is 0. The van der Waals surface area contributed by atoms with Crippen LogP contribution in [0.15, 0.2) is 24.5 Å². The van der Waals surface area contributed by atoms with Gasteiger partial charge in [-0.3, -0.25) is 20.2 Å². The van der Waals surface area contributed by atoms with Crippen LogP contribution in [-0.4, -0.2) is 26.0 Å². The zero-order valence-electron chi connectivity index (χ0n) is 8.75. The van der Waals surface area contributed by atoms with Crippen molar-refractivity contribution >= 4 is 17.5 Å². The van der Waals surface area contributed by atoms with Crippen molar-refractivity contribution in [3.63, 3.8) is 0 Å². The number of non-ortho nitro benzene ring substituents is 1. The first kappa shape index (κ1) is 11.6. The number of nitro benzene ring substituents is 1. The van der Waals surface area contributed by atoms with E-state index in [1.807, 2.05) is 0 Å². The van der Waals surface area contributed by atoms with Crippen molar-refractivity contribution in [2.45, 2.75) is 0 Å². The number of anilines is 1. The molecule has 0 saturated carbocycles. The molecule has 0 aliphatic carbocycles. The molecule has 0 radical (unpaired) electrons. The van der Waals surface area contributed by atoms with Gasteiger partial charge >= 0.3 is 0 Å². The van der Waals surface area contributed by atoms with Crippen molar-refractivity contribution in [2.24, 2.45) is 0 Å². The van der Waals surface area contributed by atoms with Gasteiger partial charge in [-0.1, -0.05) is 0 Å². The van der Waals surface area contributed by atoms with Crippen molar-refractivity contribution in [3.8, 4) is 0 Å². The molecular weight excluding hydrogens is 245 g/mol. The van der Waals surface area contributed by atoms with E-state index in [0.717, 1.165) is 24.5 Å². The largest absolute Gasteiger partial charge is 0.291 e. The average Bonchev–Trinajstić information content (AvgIpc) is 2.81. The van der Waals surface area contributed by atoms with Gasteiger partial charge in [-0.25, -0.2) is 9.49 Å². The Morgan fingerprint density at radius 3 is 2.89 bits per heavy atom. The first-order valence-electron chi connectivity index (χ1n) is 4.68. The third kappa shape index (κ3) is 2.29. The fraction of sp³-hybridized carbons (Fsp3) is 0. The number of amides is 1. The molecule has 8 nitrogen and oxygen atoms in total. The number of nitro groups is 1. The molecule has 1 amide bonds. The number of halogens is 1. The minimum absolute atomic E-state index is 0.0194. The lowest BCUT2D eigenvalue weighted by molar-refractivity contribution is -0.384.